The van der Waals surface area contributed by atoms with Crippen molar-refractivity contribution in [2.24, 2.45) is 0 Å². The molecule has 0 aliphatic carbocycles. The Kier molecular flexibility index (Phi) is 5.07. The number of aromatic nitrogens is 1. The second-order valence-corrected chi connectivity index (χ2v) is 4.15. The Morgan fingerprint density at radius 3 is 2.37 bits per heavy atom. The molecule has 0 aliphatic heterocycles. The normalized spacial score (nSPS) is 10.3. The van der Waals surface area contributed by atoms with Crippen LogP contribution in [0.15, 0.2) is 29.8 Å². The first-order valence-corrected chi connectivity index (χ1v) is 6.41. The molecule has 0 radical (unpaired) electrons. The maximum Gasteiger partial charge on any atom is 0.425 e. The van der Waals surface area contributed by atoms with Gasteiger partial charge in [-0.25, -0.2) is 0 Å². The molecule has 100 valence electrons. The molecular formula is C13H11F3N2S. The number of halogens is 3. The van der Waals surface area contributed by atoms with Gasteiger partial charge < -0.3 is 0 Å². The van der Waals surface area contributed by atoms with E-state index in [1.165, 1.54) is 23.7 Å². The molecule has 2 heterocycles. The standard InChI is InChI=1S/C11H5F3N2S.C2H6/c12-11(13,14)10-3-8(6-17-10)9-2-1-7(4-15)5-16-9;1-2/h1-3,5-6H;1-2H3. The monoisotopic (exact) mass is 284 g/mol. The topological polar surface area (TPSA) is 36.7 Å². The minimum absolute atomic E-state index is 0.375. The van der Waals surface area contributed by atoms with Gasteiger partial charge in [0.05, 0.1) is 11.3 Å². The maximum atomic E-state index is 12.4. The number of thiophene rings is 1. The lowest BCUT2D eigenvalue weighted by Crippen LogP contribution is -2.00. The van der Waals surface area contributed by atoms with Crippen molar-refractivity contribution in [2.75, 3.05) is 0 Å². The quantitative estimate of drug-likeness (QED) is 0.759. The van der Waals surface area contributed by atoms with Crippen molar-refractivity contribution in [2.45, 2.75) is 20.0 Å². The van der Waals surface area contributed by atoms with Crippen molar-refractivity contribution < 1.29 is 13.2 Å². The molecule has 0 saturated heterocycles. The largest absolute Gasteiger partial charge is 0.425 e. The molecule has 0 aromatic carbocycles. The molecule has 0 spiro atoms. The van der Waals surface area contributed by atoms with Crippen LogP contribution in [0.25, 0.3) is 11.3 Å². The number of rotatable bonds is 1. The zero-order valence-electron chi connectivity index (χ0n) is 10.3. The van der Waals surface area contributed by atoms with E-state index in [0.717, 1.165) is 6.07 Å². The van der Waals surface area contributed by atoms with Crippen molar-refractivity contribution in [1.29, 1.82) is 5.26 Å². The van der Waals surface area contributed by atoms with Crippen LogP contribution in [-0.2, 0) is 6.18 Å². The van der Waals surface area contributed by atoms with E-state index in [9.17, 15) is 13.2 Å². The van der Waals surface area contributed by atoms with Gasteiger partial charge in [0, 0.05) is 17.1 Å². The summed E-state index contributed by atoms with van der Waals surface area (Å²) in [6, 6.07) is 6.00. The summed E-state index contributed by atoms with van der Waals surface area (Å²) in [7, 11) is 0. The second-order valence-electron chi connectivity index (χ2n) is 3.24. The number of nitriles is 1. The number of pyridine rings is 1. The van der Waals surface area contributed by atoms with Crippen LogP contribution in [0, 0.1) is 11.3 Å². The van der Waals surface area contributed by atoms with Gasteiger partial charge in [-0.2, -0.15) is 18.4 Å². The maximum absolute atomic E-state index is 12.4. The molecule has 0 atom stereocenters. The van der Waals surface area contributed by atoms with E-state index < -0.39 is 11.1 Å². The van der Waals surface area contributed by atoms with Crippen LogP contribution in [0.3, 0.4) is 0 Å². The Morgan fingerprint density at radius 2 is 1.95 bits per heavy atom. The zero-order chi connectivity index (χ0) is 14.5. The summed E-state index contributed by atoms with van der Waals surface area (Å²) in [6.45, 7) is 4.00. The highest BCUT2D eigenvalue weighted by Gasteiger charge is 2.32. The van der Waals surface area contributed by atoms with Crippen molar-refractivity contribution in [3.05, 3.63) is 40.2 Å². The Bertz CT molecular complexity index is 565. The summed E-state index contributed by atoms with van der Waals surface area (Å²) in [5.41, 5.74) is 1.21. The van der Waals surface area contributed by atoms with E-state index in [1.807, 2.05) is 19.9 Å². The van der Waals surface area contributed by atoms with E-state index in [0.29, 0.717) is 28.2 Å². The van der Waals surface area contributed by atoms with Crippen LogP contribution in [0.1, 0.15) is 24.3 Å². The summed E-state index contributed by atoms with van der Waals surface area (Å²) < 4.78 is 37.1. The predicted octanol–water partition coefficient (Wildman–Crippen LogP) is 4.73. The molecule has 2 aromatic heterocycles. The van der Waals surface area contributed by atoms with Crippen molar-refractivity contribution >= 4 is 11.3 Å². The van der Waals surface area contributed by atoms with Crippen LogP contribution in [0.2, 0.25) is 0 Å². The van der Waals surface area contributed by atoms with Gasteiger partial charge in [0.25, 0.3) is 0 Å². The SMILES string of the molecule is CC.N#Cc1ccc(-c2csc(C(F)(F)F)c2)nc1. The summed E-state index contributed by atoms with van der Waals surface area (Å²) in [6.07, 6.45) is -2.99. The number of hydrogen-bond acceptors (Lipinski definition) is 3. The van der Waals surface area contributed by atoms with E-state index in [-0.39, 0.29) is 0 Å². The molecule has 2 rings (SSSR count). The van der Waals surface area contributed by atoms with Gasteiger partial charge in [-0.15, -0.1) is 11.3 Å². The Hall–Kier alpha value is -1.87. The van der Waals surface area contributed by atoms with Crippen LogP contribution >= 0.6 is 11.3 Å². The minimum Gasteiger partial charge on any atom is -0.255 e. The molecule has 0 bridgehead atoms. The van der Waals surface area contributed by atoms with E-state index in [2.05, 4.69) is 4.98 Å². The van der Waals surface area contributed by atoms with Gasteiger partial charge in [0.15, 0.2) is 0 Å². The Balaban J connectivity index is 0.000000861. The fourth-order valence-electron chi connectivity index (χ4n) is 1.25. The van der Waals surface area contributed by atoms with Gasteiger partial charge in [0.1, 0.15) is 10.9 Å². The molecule has 0 amide bonds. The van der Waals surface area contributed by atoms with E-state index >= 15 is 0 Å². The highest BCUT2D eigenvalue weighted by molar-refractivity contribution is 7.10. The van der Waals surface area contributed by atoms with Gasteiger partial charge in [0.2, 0.25) is 0 Å². The smallest absolute Gasteiger partial charge is 0.255 e. The molecule has 0 N–H and O–H groups in total. The van der Waals surface area contributed by atoms with Crippen LogP contribution in [0.4, 0.5) is 13.2 Å². The molecule has 0 fully saturated rings. The lowest BCUT2D eigenvalue weighted by Gasteiger charge is -2.00. The third-order valence-electron chi connectivity index (χ3n) is 2.07. The van der Waals surface area contributed by atoms with Crippen molar-refractivity contribution in [3.63, 3.8) is 0 Å². The van der Waals surface area contributed by atoms with Crippen molar-refractivity contribution in [1.82, 2.24) is 4.98 Å². The van der Waals surface area contributed by atoms with Crippen LogP contribution in [0.5, 0.6) is 0 Å². The highest BCUT2D eigenvalue weighted by Crippen LogP contribution is 2.36. The summed E-state index contributed by atoms with van der Waals surface area (Å²) in [5.74, 6) is 0. The number of hydrogen-bond donors (Lipinski definition) is 0. The van der Waals surface area contributed by atoms with Crippen LogP contribution < -0.4 is 0 Å². The second kappa shape index (κ2) is 6.34. The first-order valence-electron chi connectivity index (χ1n) is 5.53. The molecule has 0 unspecified atom stereocenters. The minimum atomic E-state index is -4.32. The number of alkyl halides is 3. The Morgan fingerprint density at radius 1 is 1.26 bits per heavy atom. The lowest BCUT2D eigenvalue weighted by molar-refractivity contribution is -0.134. The molecule has 19 heavy (non-hydrogen) atoms. The highest BCUT2D eigenvalue weighted by atomic mass is 32.1. The van der Waals surface area contributed by atoms with Crippen molar-refractivity contribution in [3.8, 4) is 17.3 Å². The first-order chi connectivity index (χ1) is 9.00. The molecule has 2 aromatic rings. The lowest BCUT2D eigenvalue weighted by atomic mass is 10.2. The third-order valence-corrected chi connectivity index (χ3v) is 3.04. The fraction of sp³-hybridized carbons (Fsp3) is 0.231. The summed E-state index contributed by atoms with van der Waals surface area (Å²) in [5, 5.41) is 9.97. The van der Waals surface area contributed by atoms with Gasteiger partial charge >= 0.3 is 6.18 Å². The predicted molar refractivity (Wildman–Crippen MR) is 68.6 cm³/mol. The van der Waals surface area contributed by atoms with E-state index in [4.69, 9.17) is 5.26 Å². The summed E-state index contributed by atoms with van der Waals surface area (Å²) >= 11 is 0.631. The third kappa shape index (κ3) is 3.80. The molecule has 2 nitrogen and oxygen atoms in total. The molecule has 0 saturated carbocycles. The summed E-state index contributed by atoms with van der Waals surface area (Å²) in [4.78, 5) is 3.28. The van der Waals surface area contributed by atoms with Gasteiger partial charge in [-0.3, -0.25) is 4.98 Å². The average molecular weight is 284 g/mol. The van der Waals surface area contributed by atoms with Crippen LogP contribution in [-0.4, -0.2) is 4.98 Å². The zero-order valence-corrected chi connectivity index (χ0v) is 11.1. The average Bonchev–Trinajstić information content (AvgIpc) is 2.91. The van der Waals surface area contributed by atoms with Gasteiger partial charge in [-0.1, -0.05) is 13.8 Å². The molecule has 0 aliphatic rings. The van der Waals surface area contributed by atoms with Gasteiger partial charge in [-0.05, 0) is 18.2 Å². The Labute approximate surface area is 113 Å². The first kappa shape index (κ1) is 15.2. The fourth-order valence-corrected chi connectivity index (χ4v) is 2.02. The molecular weight excluding hydrogens is 273 g/mol. The number of nitrogens with zero attached hydrogens (tertiary/aromatic N) is 2. The van der Waals surface area contributed by atoms with E-state index in [1.54, 1.807) is 0 Å². The molecule has 6 heteroatoms.